The van der Waals surface area contributed by atoms with E-state index in [4.69, 9.17) is 0 Å². The predicted molar refractivity (Wildman–Crippen MR) is 70.1 cm³/mol. The van der Waals surface area contributed by atoms with Crippen molar-refractivity contribution in [1.82, 2.24) is 9.78 Å². The zero-order valence-electron chi connectivity index (χ0n) is 10.4. The average Bonchev–Trinajstić information content (AvgIpc) is 2.63. The summed E-state index contributed by atoms with van der Waals surface area (Å²) in [6.07, 6.45) is 2.21. The molecule has 0 saturated heterocycles. The van der Waals surface area contributed by atoms with Crippen molar-refractivity contribution in [3.8, 4) is 11.1 Å². The molecule has 17 heavy (non-hydrogen) atoms. The van der Waals surface area contributed by atoms with Crippen molar-refractivity contribution < 1.29 is 0 Å². The molecule has 1 aromatic carbocycles. The molecule has 0 bridgehead atoms. The van der Waals surface area contributed by atoms with Crippen molar-refractivity contribution in [3.63, 3.8) is 0 Å². The molecule has 2 rings (SSSR count). The van der Waals surface area contributed by atoms with E-state index in [1.807, 2.05) is 41.9 Å². The number of nitrogens with zero attached hydrogens (tertiary/aromatic N) is 1. The van der Waals surface area contributed by atoms with Crippen LogP contribution in [0.5, 0.6) is 0 Å². The molecule has 0 aliphatic rings. The third kappa shape index (κ3) is 2.33. The monoisotopic (exact) mass is 230 g/mol. The number of unbranched alkanes of at least 4 members (excludes halogenated alkanes) is 1. The molecule has 0 radical (unpaired) electrons. The van der Waals surface area contributed by atoms with E-state index in [-0.39, 0.29) is 5.56 Å². The number of benzene rings is 1. The summed E-state index contributed by atoms with van der Waals surface area (Å²) in [5, 5.41) is 2.91. The Morgan fingerprint density at radius 3 is 2.59 bits per heavy atom. The molecular weight excluding hydrogens is 212 g/mol. The number of hydrogen-bond acceptors (Lipinski definition) is 1. The maximum atomic E-state index is 11.9. The standard InChI is InChI=1S/C14H18N2O/c1-3-4-10-16-11(2)13(14(17)15-16)12-8-6-5-7-9-12/h5-9H,3-4,10H2,1-2H3,(H,15,17). The van der Waals surface area contributed by atoms with Crippen LogP contribution in [0.4, 0.5) is 0 Å². The summed E-state index contributed by atoms with van der Waals surface area (Å²) in [5.41, 5.74) is 2.81. The van der Waals surface area contributed by atoms with Crippen LogP contribution in [0.3, 0.4) is 0 Å². The first-order chi connectivity index (χ1) is 8.24. The Kier molecular flexibility index (Phi) is 3.47. The maximum absolute atomic E-state index is 11.9. The quantitative estimate of drug-likeness (QED) is 0.861. The Labute approximate surface area is 101 Å². The van der Waals surface area contributed by atoms with Gasteiger partial charge in [0.25, 0.3) is 5.56 Å². The van der Waals surface area contributed by atoms with Crippen LogP contribution in [0.2, 0.25) is 0 Å². The lowest BCUT2D eigenvalue weighted by Gasteiger charge is -2.04. The van der Waals surface area contributed by atoms with E-state index in [2.05, 4.69) is 12.0 Å². The zero-order chi connectivity index (χ0) is 12.3. The van der Waals surface area contributed by atoms with Gasteiger partial charge >= 0.3 is 0 Å². The number of rotatable bonds is 4. The van der Waals surface area contributed by atoms with Gasteiger partial charge in [0, 0.05) is 12.2 Å². The molecule has 1 N–H and O–H groups in total. The molecule has 0 fully saturated rings. The number of aromatic nitrogens is 2. The van der Waals surface area contributed by atoms with E-state index < -0.39 is 0 Å². The molecule has 0 atom stereocenters. The third-order valence-electron chi connectivity index (χ3n) is 3.03. The Balaban J connectivity index is 2.42. The van der Waals surface area contributed by atoms with Crippen molar-refractivity contribution in [2.24, 2.45) is 0 Å². The van der Waals surface area contributed by atoms with Crippen LogP contribution in [-0.4, -0.2) is 9.78 Å². The van der Waals surface area contributed by atoms with Crippen LogP contribution in [0.1, 0.15) is 25.5 Å². The first-order valence-electron chi connectivity index (χ1n) is 6.09. The molecule has 0 aliphatic carbocycles. The molecule has 0 unspecified atom stereocenters. The van der Waals surface area contributed by atoms with Gasteiger partial charge in [-0.3, -0.25) is 14.6 Å². The maximum Gasteiger partial charge on any atom is 0.272 e. The molecule has 90 valence electrons. The first-order valence-corrected chi connectivity index (χ1v) is 6.09. The fraction of sp³-hybridized carbons (Fsp3) is 0.357. The van der Waals surface area contributed by atoms with E-state index in [1.165, 1.54) is 0 Å². The largest absolute Gasteiger partial charge is 0.289 e. The fourth-order valence-corrected chi connectivity index (χ4v) is 2.05. The van der Waals surface area contributed by atoms with Gasteiger partial charge in [-0.1, -0.05) is 43.7 Å². The van der Waals surface area contributed by atoms with Crippen LogP contribution in [-0.2, 0) is 6.54 Å². The van der Waals surface area contributed by atoms with Gasteiger partial charge in [0.1, 0.15) is 0 Å². The second-order valence-corrected chi connectivity index (χ2v) is 4.27. The number of hydrogen-bond donors (Lipinski definition) is 1. The van der Waals surface area contributed by atoms with E-state index in [1.54, 1.807) is 0 Å². The molecule has 0 saturated carbocycles. The van der Waals surface area contributed by atoms with E-state index >= 15 is 0 Å². The molecular formula is C14H18N2O. The van der Waals surface area contributed by atoms with Gasteiger partial charge in [-0.25, -0.2) is 0 Å². The second-order valence-electron chi connectivity index (χ2n) is 4.27. The minimum atomic E-state index is 0.00445. The van der Waals surface area contributed by atoms with Crippen molar-refractivity contribution in [2.75, 3.05) is 0 Å². The third-order valence-corrected chi connectivity index (χ3v) is 3.03. The van der Waals surface area contributed by atoms with Gasteiger partial charge in [0.05, 0.1) is 5.56 Å². The lowest BCUT2D eigenvalue weighted by molar-refractivity contribution is 0.555. The summed E-state index contributed by atoms with van der Waals surface area (Å²) in [6.45, 7) is 5.02. The van der Waals surface area contributed by atoms with Crippen LogP contribution < -0.4 is 5.56 Å². The predicted octanol–water partition coefficient (Wildman–Crippen LogP) is 2.95. The Morgan fingerprint density at radius 1 is 1.24 bits per heavy atom. The van der Waals surface area contributed by atoms with Crippen molar-refractivity contribution >= 4 is 0 Å². The summed E-state index contributed by atoms with van der Waals surface area (Å²) >= 11 is 0. The Bertz CT molecular complexity index is 537. The fourth-order valence-electron chi connectivity index (χ4n) is 2.05. The molecule has 0 spiro atoms. The highest BCUT2D eigenvalue weighted by molar-refractivity contribution is 5.64. The number of aromatic amines is 1. The Hall–Kier alpha value is -1.77. The highest BCUT2D eigenvalue weighted by atomic mass is 16.1. The highest BCUT2D eigenvalue weighted by Gasteiger charge is 2.11. The van der Waals surface area contributed by atoms with Crippen molar-refractivity contribution in [3.05, 3.63) is 46.4 Å². The lowest BCUT2D eigenvalue weighted by atomic mass is 10.1. The molecule has 1 heterocycles. The van der Waals surface area contributed by atoms with Gasteiger partial charge in [0.2, 0.25) is 0 Å². The SMILES string of the molecule is CCCCn1[nH]c(=O)c(-c2ccccc2)c1C. The van der Waals surface area contributed by atoms with Crippen LogP contribution in [0.25, 0.3) is 11.1 Å². The number of aryl methyl sites for hydroxylation is 1. The van der Waals surface area contributed by atoms with Gasteiger partial charge in [-0.05, 0) is 18.9 Å². The van der Waals surface area contributed by atoms with Gasteiger partial charge in [-0.2, -0.15) is 0 Å². The van der Waals surface area contributed by atoms with Crippen LogP contribution in [0, 0.1) is 6.92 Å². The van der Waals surface area contributed by atoms with Crippen LogP contribution >= 0.6 is 0 Å². The van der Waals surface area contributed by atoms with Crippen molar-refractivity contribution in [1.29, 1.82) is 0 Å². The van der Waals surface area contributed by atoms with E-state index in [0.29, 0.717) is 0 Å². The smallest absolute Gasteiger partial charge is 0.272 e. The molecule has 2 aromatic rings. The second kappa shape index (κ2) is 5.04. The van der Waals surface area contributed by atoms with E-state index in [9.17, 15) is 4.79 Å². The number of nitrogens with one attached hydrogen (secondary N) is 1. The zero-order valence-corrected chi connectivity index (χ0v) is 10.4. The lowest BCUT2D eigenvalue weighted by Crippen LogP contribution is -2.07. The first kappa shape index (κ1) is 11.7. The summed E-state index contributed by atoms with van der Waals surface area (Å²) in [7, 11) is 0. The van der Waals surface area contributed by atoms with E-state index in [0.717, 1.165) is 36.2 Å². The van der Waals surface area contributed by atoms with Crippen molar-refractivity contribution in [2.45, 2.75) is 33.2 Å². The van der Waals surface area contributed by atoms with Gasteiger partial charge in [-0.15, -0.1) is 0 Å². The topological polar surface area (TPSA) is 37.8 Å². The van der Waals surface area contributed by atoms with Gasteiger partial charge in [0.15, 0.2) is 0 Å². The molecule has 1 aromatic heterocycles. The molecule has 3 nitrogen and oxygen atoms in total. The van der Waals surface area contributed by atoms with Crippen LogP contribution in [0.15, 0.2) is 35.1 Å². The number of H-pyrrole nitrogens is 1. The normalized spacial score (nSPS) is 10.7. The minimum Gasteiger partial charge on any atom is -0.289 e. The summed E-state index contributed by atoms with van der Waals surface area (Å²) < 4.78 is 1.95. The van der Waals surface area contributed by atoms with Gasteiger partial charge < -0.3 is 0 Å². The summed E-state index contributed by atoms with van der Waals surface area (Å²) in [6, 6.07) is 9.82. The molecule has 0 aliphatic heterocycles. The molecule has 3 heteroatoms. The highest BCUT2D eigenvalue weighted by Crippen LogP contribution is 2.18. The minimum absolute atomic E-state index is 0.00445. The molecule has 0 amide bonds. The average molecular weight is 230 g/mol. The Morgan fingerprint density at radius 2 is 1.94 bits per heavy atom. The summed E-state index contributed by atoms with van der Waals surface area (Å²) in [4.78, 5) is 11.9. The summed E-state index contributed by atoms with van der Waals surface area (Å²) in [5.74, 6) is 0.